The van der Waals surface area contributed by atoms with Gasteiger partial charge in [0.25, 0.3) is 0 Å². The zero-order chi connectivity index (χ0) is 14.8. The summed E-state index contributed by atoms with van der Waals surface area (Å²) in [5.74, 6) is 1.93. The van der Waals surface area contributed by atoms with Crippen molar-refractivity contribution in [2.75, 3.05) is 6.54 Å². The normalized spacial score (nSPS) is 33.6. The van der Waals surface area contributed by atoms with Gasteiger partial charge < -0.3 is 4.90 Å². The third-order valence-corrected chi connectivity index (χ3v) is 5.76. The summed E-state index contributed by atoms with van der Waals surface area (Å²) in [5.41, 5.74) is 1.23. The van der Waals surface area contributed by atoms with Crippen molar-refractivity contribution in [3.8, 4) is 0 Å². The van der Waals surface area contributed by atoms with Crippen molar-refractivity contribution < 1.29 is 4.79 Å². The van der Waals surface area contributed by atoms with Crippen LogP contribution in [-0.2, 0) is 4.79 Å². The molecule has 1 aliphatic carbocycles. The van der Waals surface area contributed by atoms with Crippen LogP contribution in [0.2, 0.25) is 0 Å². The Labute approximate surface area is 131 Å². The first-order valence-corrected chi connectivity index (χ1v) is 9.18. The summed E-state index contributed by atoms with van der Waals surface area (Å²) in [5, 5.41) is 7.68. The van der Waals surface area contributed by atoms with Crippen LogP contribution in [0, 0.1) is 11.8 Å². The number of nitrogens with one attached hydrogen (secondary N) is 1. The molecule has 1 saturated carbocycles. The number of carbonyl (C=O) groups is 1. The van der Waals surface area contributed by atoms with E-state index >= 15 is 0 Å². The van der Waals surface area contributed by atoms with Gasteiger partial charge >= 0.3 is 0 Å². The van der Waals surface area contributed by atoms with Gasteiger partial charge in [0, 0.05) is 6.54 Å². The van der Waals surface area contributed by atoms with Crippen LogP contribution in [0.15, 0.2) is 16.8 Å². The molecule has 1 N–H and O–H groups in total. The van der Waals surface area contributed by atoms with Gasteiger partial charge in [-0.3, -0.25) is 10.1 Å². The second kappa shape index (κ2) is 6.49. The Bertz CT molecular complexity index is 473. The molecule has 4 unspecified atom stereocenters. The van der Waals surface area contributed by atoms with E-state index in [2.05, 4.69) is 34.0 Å². The first kappa shape index (κ1) is 15.0. The Kier molecular flexibility index (Phi) is 4.65. The molecule has 2 fully saturated rings. The first-order chi connectivity index (χ1) is 10.1. The van der Waals surface area contributed by atoms with Crippen molar-refractivity contribution in [2.24, 2.45) is 11.8 Å². The molecule has 3 nitrogen and oxygen atoms in total. The van der Waals surface area contributed by atoms with Gasteiger partial charge in [-0.2, -0.15) is 11.3 Å². The lowest BCUT2D eigenvalue weighted by Gasteiger charge is -2.30. The fourth-order valence-corrected chi connectivity index (χ4v) is 4.54. The fourth-order valence-electron chi connectivity index (χ4n) is 3.86. The van der Waals surface area contributed by atoms with Crippen LogP contribution < -0.4 is 5.32 Å². The minimum absolute atomic E-state index is 0.0554. The van der Waals surface area contributed by atoms with Crippen LogP contribution >= 0.6 is 11.3 Å². The standard InChI is InChI=1S/C17H26N2OS/c1-12-4-3-5-14(10-12)6-8-19-16(15-7-9-21-11-15)18-13(2)17(19)20/h7,9,11-14,16,18H,3-6,8,10H2,1-2H3. The third kappa shape index (κ3) is 3.32. The quantitative estimate of drug-likeness (QED) is 0.918. The second-order valence-corrected chi connectivity index (χ2v) is 7.59. The van der Waals surface area contributed by atoms with Crippen LogP contribution in [-0.4, -0.2) is 23.4 Å². The molecule has 1 aromatic rings. The molecular formula is C17H26N2OS. The Morgan fingerprint density at radius 1 is 1.38 bits per heavy atom. The summed E-state index contributed by atoms with van der Waals surface area (Å²) in [6, 6.07) is 2.07. The Balaban J connectivity index is 1.63. The monoisotopic (exact) mass is 306 g/mol. The van der Waals surface area contributed by atoms with E-state index in [9.17, 15) is 4.79 Å². The summed E-state index contributed by atoms with van der Waals surface area (Å²) >= 11 is 1.70. The van der Waals surface area contributed by atoms with Crippen molar-refractivity contribution in [3.63, 3.8) is 0 Å². The zero-order valence-corrected chi connectivity index (χ0v) is 13.9. The van der Waals surface area contributed by atoms with Crippen molar-refractivity contribution >= 4 is 17.2 Å². The SMILES string of the molecule is CC1CCCC(CCN2C(=O)C(C)NC2c2ccsc2)C1. The number of hydrogen-bond acceptors (Lipinski definition) is 3. The van der Waals surface area contributed by atoms with E-state index < -0.39 is 0 Å². The van der Waals surface area contributed by atoms with Crippen LogP contribution in [0.5, 0.6) is 0 Å². The first-order valence-electron chi connectivity index (χ1n) is 8.23. The summed E-state index contributed by atoms with van der Waals surface area (Å²) in [6.07, 6.45) is 6.68. The topological polar surface area (TPSA) is 32.3 Å². The van der Waals surface area contributed by atoms with Gasteiger partial charge in [0.2, 0.25) is 5.91 Å². The van der Waals surface area contributed by atoms with Gasteiger partial charge in [-0.15, -0.1) is 0 Å². The lowest BCUT2D eigenvalue weighted by Crippen LogP contribution is -2.33. The molecule has 2 aliphatic rings. The molecule has 3 rings (SSSR count). The van der Waals surface area contributed by atoms with E-state index in [1.165, 1.54) is 31.2 Å². The number of thiophene rings is 1. The smallest absolute Gasteiger partial charge is 0.241 e. The van der Waals surface area contributed by atoms with Crippen LogP contribution in [0.1, 0.15) is 57.7 Å². The maximum Gasteiger partial charge on any atom is 0.241 e. The van der Waals surface area contributed by atoms with E-state index in [1.54, 1.807) is 11.3 Å². The summed E-state index contributed by atoms with van der Waals surface area (Å²) in [4.78, 5) is 14.5. The molecule has 116 valence electrons. The number of carbonyl (C=O) groups excluding carboxylic acids is 1. The molecule has 0 bridgehead atoms. The van der Waals surface area contributed by atoms with Gasteiger partial charge in [-0.25, -0.2) is 0 Å². The van der Waals surface area contributed by atoms with Crippen LogP contribution in [0.4, 0.5) is 0 Å². The van der Waals surface area contributed by atoms with Crippen molar-refractivity contribution in [1.29, 1.82) is 0 Å². The van der Waals surface area contributed by atoms with E-state index in [0.717, 1.165) is 24.8 Å². The minimum Gasteiger partial charge on any atom is -0.322 e. The lowest BCUT2D eigenvalue weighted by molar-refractivity contribution is -0.130. The Morgan fingerprint density at radius 3 is 2.95 bits per heavy atom. The molecule has 0 aromatic carbocycles. The Morgan fingerprint density at radius 2 is 2.24 bits per heavy atom. The molecule has 1 aromatic heterocycles. The van der Waals surface area contributed by atoms with E-state index in [4.69, 9.17) is 0 Å². The van der Waals surface area contributed by atoms with Gasteiger partial charge in [0.15, 0.2) is 0 Å². The lowest BCUT2D eigenvalue weighted by atomic mass is 9.81. The third-order valence-electron chi connectivity index (χ3n) is 5.06. The predicted octanol–water partition coefficient (Wildman–Crippen LogP) is 3.78. The van der Waals surface area contributed by atoms with Gasteiger partial charge in [0.1, 0.15) is 6.17 Å². The highest BCUT2D eigenvalue weighted by Crippen LogP contribution is 2.33. The van der Waals surface area contributed by atoms with Crippen LogP contribution in [0.3, 0.4) is 0 Å². The number of hydrogen-bond donors (Lipinski definition) is 1. The summed E-state index contributed by atoms with van der Waals surface area (Å²) in [7, 11) is 0. The van der Waals surface area contributed by atoms with E-state index in [-0.39, 0.29) is 18.1 Å². The molecule has 2 heterocycles. The van der Waals surface area contributed by atoms with Gasteiger partial charge in [0.05, 0.1) is 6.04 Å². The highest BCUT2D eigenvalue weighted by molar-refractivity contribution is 7.07. The minimum atomic E-state index is -0.0554. The molecule has 0 radical (unpaired) electrons. The molecule has 4 atom stereocenters. The van der Waals surface area contributed by atoms with Crippen molar-refractivity contribution in [1.82, 2.24) is 10.2 Å². The zero-order valence-electron chi connectivity index (χ0n) is 13.0. The average molecular weight is 306 g/mol. The number of amides is 1. The number of nitrogens with zero attached hydrogens (tertiary/aromatic N) is 1. The fraction of sp³-hybridized carbons (Fsp3) is 0.706. The van der Waals surface area contributed by atoms with Crippen molar-refractivity contribution in [2.45, 2.75) is 58.2 Å². The van der Waals surface area contributed by atoms with E-state index in [1.807, 2.05) is 6.92 Å². The molecule has 21 heavy (non-hydrogen) atoms. The highest BCUT2D eigenvalue weighted by Gasteiger charge is 2.37. The molecule has 1 amide bonds. The maximum absolute atomic E-state index is 12.4. The number of rotatable bonds is 4. The molecule has 4 heteroatoms. The summed E-state index contributed by atoms with van der Waals surface area (Å²) in [6.45, 7) is 5.24. The summed E-state index contributed by atoms with van der Waals surface area (Å²) < 4.78 is 0. The predicted molar refractivity (Wildman–Crippen MR) is 87.1 cm³/mol. The molecule has 1 aliphatic heterocycles. The second-order valence-electron chi connectivity index (χ2n) is 6.81. The average Bonchev–Trinajstić information content (AvgIpc) is 3.07. The van der Waals surface area contributed by atoms with Crippen molar-refractivity contribution in [3.05, 3.63) is 22.4 Å². The largest absolute Gasteiger partial charge is 0.322 e. The van der Waals surface area contributed by atoms with E-state index in [0.29, 0.717) is 0 Å². The highest BCUT2D eigenvalue weighted by atomic mass is 32.1. The maximum atomic E-state index is 12.4. The van der Waals surface area contributed by atoms with Crippen LogP contribution in [0.25, 0.3) is 0 Å². The Hall–Kier alpha value is -0.870. The van der Waals surface area contributed by atoms with Gasteiger partial charge in [-0.1, -0.05) is 26.2 Å². The molecular weight excluding hydrogens is 280 g/mol. The molecule has 0 spiro atoms. The van der Waals surface area contributed by atoms with Gasteiger partial charge in [-0.05, 0) is 54.0 Å². The molecule has 1 saturated heterocycles.